The molecule has 0 aromatic rings. The number of aliphatic hydroxyl groups is 1. The van der Waals surface area contributed by atoms with E-state index in [0.717, 1.165) is 0 Å². The number of hydrogen-bond acceptors (Lipinski definition) is 5. The van der Waals surface area contributed by atoms with Crippen LogP contribution < -0.4 is 0 Å². The Balaban J connectivity index is 4.21. The number of aliphatic hydroxyl groups excluding tert-OH is 1. The van der Waals surface area contributed by atoms with Crippen LogP contribution in [-0.2, 0) is 0 Å². The average Bonchev–Trinajstić information content (AvgIpc) is 2.07. The number of rotatable bonds is 4. The Hall–Kier alpha value is -1.61. The molecule has 5 heteroatoms. The van der Waals surface area contributed by atoms with Crippen LogP contribution in [-0.4, -0.2) is 35.7 Å². The van der Waals surface area contributed by atoms with Gasteiger partial charge in [0.25, 0.3) is 0 Å². The van der Waals surface area contributed by atoms with Gasteiger partial charge in [0.05, 0.1) is 37.9 Å². The summed E-state index contributed by atoms with van der Waals surface area (Å²) in [4.78, 5) is 1.31. The second-order valence-corrected chi connectivity index (χ2v) is 2.05. The maximum absolute atomic E-state index is 8.67. The predicted molar refractivity (Wildman–Crippen MR) is 39.3 cm³/mol. The molecule has 0 radical (unpaired) electrons. The maximum Gasteiger partial charge on any atom is 0.123 e. The van der Waals surface area contributed by atoms with E-state index in [-0.39, 0.29) is 19.7 Å². The summed E-state index contributed by atoms with van der Waals surface area (Å²) in [5.74, 6) is 0. The molecule has 5 nitrogen and oxygen atoms in total. The van der Waals surface area contributed by atoms with Gasteiger partial charge in [-0.25, -0.2) is 0 Å². The molecule has 0 saturated carbocycles. The summed E-state index contributed by atoms with van der Waals surface area (Å²) in [7, 11) is 0. The zero-order chi connectivity index (χ0) is 9.40. The van der Waals surface area contributed by atoms with Crippen molar-refractivity contribution in [3.8, 4) is 18.2 Å². The van der Waals surface area contributed by atoms with Crippen molar-refractivity contribution >= 4 is 0 Å². The molecule has 0 saturated heterocycles. The first kappa shape index (κ1) is 10.4. The molecular formula is C7H8N4O. The molecule has 12 heavy (non-hydrogen) atoms. The van der Waals surface area contributed by atoms with Crippen molar-refractivity contribution in [3.63, 3.8) is 0 Å². The fourth-order valence-electron chi connectivity index (χ4n) is 0.696. The molecule has 0 aliphatic carbocycles. The largest absolute Gasteiger partial charge is 0.394 e. The van der Waals surface area contributed by atoms with Gasteiger partial charge >= 0.3 is 0 Å². The SMILES string of the molecule is N#CCN(CC#N)C(C#N)CO. The van der Waals surface area contributed by atoms with Crippen LogP contribution in [0.4, 0.5) is 0 Å². The Morgan fingerprint density at radius 3 is 1.92 bits per heavy atom. The third kappa shape index (κ3) is 2.98. The van der Waals surface area contributed by atoms with E-state index >= 15 is 0 Å². The lowest BCUT2D eigenvalue weighted by Crippen LogP contribution is -2.37. The van der Waals surface area contributed by atoms with Crippen molar-refractivity contribution in [2.75, 3.05) is 19.7 Å². The minimum absolute atomic E-state index is 0.0215. The third-order valence-electron chi connectivity index (χ3n) is 1.31. The molecule has 0 amide bonds. The summed E-state index contributed by atoms with van der Waals surface area (Å²) in [5.41, 5.74) is 0. The molecule has 0 heterocycles. The second-order valence-electron chi connectivity index (χ2n) is 2.05. The lowest BCUT2D eigenvalue weighted by atomic mass is 10.3. The van der Waals surface area contributed by atoms with Gasteiger partial charge in [0, 0.05) is 0 Å². The van der Waals surface area contributed by atoms with Crippen LogP contribution in [0.1, 0.15) is 0 Å². The Bertz CT molecular complexity index is 228. The number of hydrogen-bond donors (Lipinski definition) is 1. The third-order valence-corrected chi connectivity index (χ3v) is 1.31. The minimum atomic E-state index is -0.760. The van der Waals surface area contributed by atoms with Gasteiger partial charge in [0.15, 0.2) is 0 Å². The zero-order valence-corrected chi connectivity index (χ0v) is 6.43. The highest BCUT2D eigenvalue weighted by atomic mass is 16.3. The standard InChI is InChI=1S/C7H8N4O/c8-1-3-11(4-2-9)7(5-10)6-12/h7,12H,3-4,6H2. The fraction of sp³-hybridized carbons (Fsp3) is 0.571. The van der Waals surface area contributed by atoms with Crippen molar-refractivity contribution in [1.82, 2.24) is 4.90 Å². The summed E-state index contributed by atoms with van der Waals surface area (Å²) in [5, 5.41) is 33.8. The van der Waals surface area contributed by atoms with E-state index in [1.165, 1.54) is 4.90 Å². The molecule has 0 aliphatic rings. The predicted octanol–water partition coefficient (Wildman–Crippen LogP) is -0.780. The summed E-state index contributed by atoms with van der Waals surface area (Å²) in [6.45, 7) is -0.404. The second kappa shape index (κ2) is 6.12. The van der Waals surface area contributed by atoms with Crippen molar-refractivity contribution in [1.29, 1.82) is 15.8 Å². The van der Waals surface area contributed by atoms with Gasteiger partial charge in [-0.05, 0) is 0 Å². The van der Waals surface area contributed by atoms with E-state index in [9.17, 15) is 0 Å². The van der Waals surface area contributed by atoms with Crippen LogP contribution in [0.5, 0.6) is 0 Å². The van der Waals surface area contributed by atoms with Crippen LogP contribution in [0, 0.1) is 34.0 Å². The highest BCUT2D eigenvalue weighted by Crippen LogP contribution is 1.95. The average molecular weight is 164 g/mol. The van der Waals surface area contributed by atoms with Gasteiger partial charge in [-0.2, -0.15) is 15.8 Å². The Morgan fingerprint density at radius 1 is 1.17 bits per heavy atom. The first-order valence-electron chi connectivity index (χ1n) is 3.28. The first-order valence-corrected chi connectivity index (χ1v) is 3.28. The quantitative estimate of drug-likeness (QED) is 0.550. The van der Waals surface area contributed by atoms with Gasteiger partial charge in [0.1, 0.15) is 6.04 Å². The van der Waals surface area contributed by atoms with E-state index in [0.29, 0.717) is 0 Å². The molecule has 0 aromatic heterocycles. The maximum atomic E-state index is 8.67. The van der Waals surface area contributed by atoms with Crippen molar-refractivity contribution in [2.24, 2.45) is 0 Å². The fourth-order valence-corrected chi connectivity index (χ4v) is 0.696. The van der Waals surface area contributed by atoms with Gasteiger partial charge < -0.3 is 5.11 Å². The molecule has 0 aliphatic heterocycles. The Kier molecular flexibility index (Phi) is 5.30. The van der Waals surface area contributed by atoms with Crippen molar-refractivity contribution in [3.05, 3.63) is 0 Å². The topological polar surface area (TPSA) is 94.8 Å². The highest BCUT2D eigenvalue weighted by molar-refractivity contribution is 4.97. The van der Waals surface area contributed by atoms with Gasteiger partial charge in [-0.15, -0.1) is 0 Å². The molecule has 0 aromatic carbocycles. The van der Waals surface area contributed by atoms with Crippen LogP contribution in [0.3, 0.4) is 0 Å². The molecule has 0 rings (SSSR count). The van der Waals surface area contributed by atoms with Crippen LogP contribution in [0.2, 0.25) is 0 Å². The summed E-state index contributed by atoms with van der Waals surface area (Å²) < 4.78 is 0. The van der Waals surface area contributed by atoms with Crippen LogP contribution in [0.25, 0.3) is 0 Å². The summed E-state index contributed by atoms with van der Waals surface area (Å²) in [6.07, 6.45) is 0. The van der Waals surface area contributed by atoms with Gasteiger partial charge in [0.2, 0.25) is 0 Å². The van der Waals surface area contributed by atoms with Gasteiger partial charge in [-0.3, -0.25) is 4.90 Å². The Labute approximate surface area is 70.7 Å². The van der Waals surface area contributed by atoms with E-state index in [2.05, 4.69) is 0 Å². The zero-order valence-electron chi connectivity index (χ0n) is 6.43. The van der Waals surface area contributed by atoms with Crippen molar-refractivity contribution in [2.45, 2.75) is 6.04 Å². The molecule has 0 spiro atoms. The Morgan fingerprint density at radius 2 is 1.67 bits per heavy atom. The smallest absolute Gasteiger partial charge is 0.123 e. The first-order chi connectivity index (χ1) is 5.79. The van der Waals surface area contributed by atoms with Crippen molar-refractivity contribution < 1.29 is 5.11 Å². The summed E-state index contributed by atoms with van der Waals surface area (Å²) in [6, 6.07) is 4.66. The molecule has 1 atom stereocenters. The summed E-state index contributed by atoms with van der Waals surface area (Å²) >= 11 is 0. The molecular weight excluding hydrogens is 156 g/mol. The van der Waals surface area contributed by atoms with E-state index in [1.54, 1.807) is 6.07 Å². The van der Waals surface area contributed by atoms with Gasteiger partial charge in [-0.1, -0.05) is 0 Å². The number of nitrogens with zero attached hydrogens (tertiary/aromatic N) is 4. The lowest BCUT2D eigenvalue weighted by Gasteiger charge is -2.18. The molecule has 0 bridgehead atoms. The number of nitriles is 3. The molecule has 0 fully saturated rings. The minimum Gasteiger partial charge on any atom is -0.394 e. The molecule has 62 valence electrons. The van der Waals surface area contributed by atoms with E-state index in [1.807, 2.05) is 12.1 Å². The van der Waals surface area contributed by atoms with E-state index in [4.69, 9.17) is 20.9 Å². The molecule has 1 unspecified atom stereocenters. The lowest BCUT2D eigenvalue weighted by molar-refractivity contribution is 0.182. The van der Waals surface area contributed by atoms with E-state index < -0.39 is 6.04 Å². The molecule has 1 N–H and O–H groups in total. The van der Waals surface area contributed by atoms with Crippen LogP contribution in [0.15, 0.2) is 0 Å². The normalized spacial score (nSPS) is 11.2. The van der Waals surface area contributed by atoms with Crippen LogP contribution >= 0.6 is 0 Å². The monoisotopic (exact) mass is 164 g/mol. The highest BCUT2D eigenvalue weighted by Gasteiger charge is 2.15.